The number of carbonyl (C=O) groups excluding carboxylic acids is 1. The quantitative estimate of drug-likeness (QED) is 0.692. The number of nitrogens with one attached hydrogen (secondary N) is 1. The predicted octanol–water partition coefficient (Wildman–Crippen LogP) is 1.51. The van der Waals surface area contributed by atoms with E-state index in [-0.39, 0.29) is 29.5 Å². The second-order valence-electron chi connectivity index (χ2n) is 6.98. The molecule has 0 saturated carbocycles. The van der Waals surface area contributed by atoms with Gasteiger partial charge < -0.3 is 5.32 Å². The number of sulfonamides is 1. The van der Waals surface area contributed by atoms with Crippen molar-refractivity contribution in [3.63, 3.8) is 0 Å². The minimum absolute atomic E-state index is 0.0519. The van der Waals surface area contributed by atoms with Crippen molar-refractivity contribution in [1.82, 2.24) is 9.62 Å². The first-order valence-corrected chi connectivity index (χ1v) is 12.4. The van der Waals surface area contributed by atoms with E-state index in [1.807, 2.05) is 0 Å². The summed E-state index contributed by atoms with van der Waals surface area (Å²) in [5.41, 5.74) is 1.07. The fourth-order valence-electron chi connectivity index (χ4n) is 3.06. The Hall–Kier alpha value is -1.45. The maximum atomic E-state index is 12.8. The summed E-state index contributed by atoms with van der Waals surface area (Å²) >= 11 is 0. The molecule has 1 aromatic carbocycles. The van der Waals surface area contributed by atoms with Crippen molar-refractivity contribution in [1.29, 1.82) is 0 Å². The zero-order valence-electron chi connectivity index (χ0n) is 16.0. The third kappa shape index (κ3) is 5.52. The van der Waals surface area contributed by atoms with E-state index in [9.17, 15) is 21.6 Å². The molecule has 1 heterocycles. The summed E-state index contributed by atoms with van der Waals surface area (Å²) in [4.78, 5) is 12.4. The molecule has 152 valence electrons. The SMILES string of the molecule is CC[C@@H](C)c1ccc(S(=O)(=O)N(CC)CC(=O)N[C@@H]2CCS(=O)(=O)C2)cc1. The van der Waals surface area contributed by atoms with E-state index in [1.165, 1.54) is 0 Å². The van der Waals surface area contributed by atoms with Gasteiger partial charge >= 0.3 is 0 Å². The first-order chi connectivity index (χ1) is 12.6. The average Bonchev–Trinajstić information content (AvgIpc) is 2.97. The van der Waals surface area contributed by atoms with E-state index < -0.39 is 31.8 Å². The van der Waals surface area contributed by atoms with Gasteiger partial charge in [-0.1, -0.05) is 32.9 Å². The topological polar surface area (TPSA) is 101 Å². The normalized spacial score (nSPS) is 20.5. The number of hydrogen-bond acceptors (Lipinski definition) is 5. The van der Waals surface area contributed by atoms with Crippen LogP contribution in [0.1, 0.15) is 45.1 Å². The molecule has 7 nitrogen and oxygen atoms in total. The number of rotatable bonds is 8. The first kappa shape index (κ1) is 21.8. The molecule has 1 aliphatic heterocycles. The van der Waals surface area contributed by atoms with Gasteiger partial charge in [0, 0.05) is 12.6 Å². The number of sulfone groups is 1. The number of benzene rings is 1. The van der Waals surface area contributed by atoms with Crippen molar-refractivity contribution < 1.29 is 21.6 Å². The third-order valence-corrected chi connectivity index (χ3v) is 8.67. The lowest BCUT2D eigenvalue weighted by molar-refractivity contribution is -0.121. The summed E-state index contributed by atoms with van der Waals surface area (Å²) in [6.07, 6.45) is 1.33. The highest BCUT2D eigenvalue weighted by molar-refractivity contribution is 7.91. The van der Waals surface area contributed by atoms with Crippen LogP contribution in [0.2, 0.25) is 0 Å². The molecule has 9 heteroatoms. The molecule has 2 rings (SSSR count). The summed E-state index contributed by atoms with van der Waals surface area (Å²) < 4.78 is 49.8. The van der Waals surface area contributed by atoms with Crippen molar-refractivity contribution in [3.8, 4) is 0 Å². The lowest BCUT2D eigenvalue weighted by Gasteiger charge is -2.21. The molecule has 0 unspecified atom stereocenters. The van der Waals surface area contributed by atoms with Crippen LogP contribution in [0.4, 0.5) is 0 Å². The third-order valence-electron chi connectivity index (χ3n) is 4.97. The highest BCUT2D eigenvalue weighted by atomic mass is 32.2. The fourth-order valence-corrected chi connectivity index (χ4v) is 6.14. The first-order valence-electron chi connectivity index (χ1n) is 9.19. The molecule has 2 atom stereocenters. The van der Waals surface area contributed by atoms with E-state index in [1.54, 1.807) is 31.2 Å². The van der Waals surface area contributed by atoms with E-state index in [4.69, 9.17) is 0 Å². The second-order valence-corrected chi connectivity index (χ2v) is 11.1. The van der Waals surface area contributed by atoms with Gasteiger partial charge in [-0.25, -0.2) is 16.8 Å². The highest BCUT2D eigenvalue weighted by Crippen LogP contribution is 2.22. The number of likely N-dealkylation sites (N-methyl/N-ethyl adjacent to an activating group) is 1. The summed E-state index contributed by atoms with van der Waals surface area (Å²) in [6, 6.07) is 6.30. The lowest BCUT2D eigenvalue weighted by Crippen LogP contribution is -2.44. The minimum Gasteiger partial charge on any atom is -0.351 e. The Balaban J connectivity index is 2.07. The monoisotopic (exact) mass is 416 g/mol. The zero-order valence-corrected chi connectivity index (χ0v) is 17.6. The molecule has 1 aromatic rings. The van der Waals surface area contributed by atoms with Crippen LogP contribution in [0.3, 0.4) is 0 Å². The van der Waals surface area contributed by atoms with Crippen LogP contribution < -0.4 is 5.32 Å². The van der Waals surface area contributed by atoms with Gasteiger partial charge in [-0.05, 0) is 36.5 Å². The van der Waals surface area contributed by atoms with E-state index in [0.717, 1.165) is 16.3 Å². The van der Waals surface area contributed by atoms with E-state index in [2.05, 4.69) is 19.2 Å². The van der Waals surface area contributed by atoms with Gasteiger partial charge in [0.15, 0.2) is 9.84 Å². The van der Waals surface area contributed by atoms with Crippen LogP contribution in [0.25, 0.3) is 0 Å². The average molecular weight is 417 g/mol. The Labute approximate surface area is 162 Å². The molecule has 1 aliphatic rings. The van der Waals surface area contributed by atoms with Crippen molar-refractivity contribution in [2.24, 2.45) is 0 Å². The van der Waals surface area contributed by atoms with Gasteiger partial charge in [0.2, 0.25) is 15.9 Å². The Morgan fingerprint density at radius 2 is 1.89 bits per heavy atom. The van der Waals surface area contributed by atoms with Gasteiger partial charge in [-0.15, -0.1) is 0 Å². The van der Waals surface area contributed by atoms with E-state index >= 15 is 0 Å². The standard InChI is InChI=1S/C18H28N2O5S2/c1-4-14(3)15-6-8-17(9-7-15)27(24,25)20(5-2)12-18(21)19-16-10-11-26(22,23)13-16/h6-9,14,16H,4-5,10-13H2,1-3H3,(H,19,21)/t14-,16-/m1/s1. The van der Waals surface area contributed by atoms with Gasteiger partial charge in [0.1, 0.15) is 0 Å². The molecular weight excluding hydrogens is 388 g/mol. The molecule has 0 radical (unpaired) electrons. The Morgan fingerprint density at radius 1 is 1.26 bits per heavy atom. The second kappa shape index (κ2) is 8.70. The molecule has 1 saturated heterocycles. The number of nitrogens with zero attached hydrogens (tertiary/aromatic N) is 1. The van der Waals surface area contributed by atoms with Crippen molar-refractivity contribution in [2.45, 2.75) is 50.5 Å². The molecule has 0 aliphatic carbocycles. The van der Waals surface area contributed by atoms with Crippen LogP contribution in [-0.4, -0.2) is 57.7 Å². The van der Waals surface area contributed by atoms with Gasteiger partial charge in [0.25, 0.3) is 0 Å². The van der Waals surface area contributed by atoms with Gasteiger partial charge in [-0.2, -0.15) is 4.31 Å². The molecule has 1 fully saturated rings. The molecule has 1 amide bonds. The van der Waals surface area contributed by atoms with E-state index in [0.29, 0.717) is 12.3 Å². The number of hydrogen-bond donors (Lipinski definition) is 1. The Kier molecular flexibility index (Phi) is 7.04. The molecule has 0 bridgehead atoms. The molecule has 27 heavy (non-hydrogen) atoms. The predicted molar refractivity (Wildman–Crippen MR) is 105 cm³/mol. The summed E-state index contributed by atoms with van der Waals surface area (Å²) in [7, 11) is -6.90. The summed E-state index contributed by atoms with van der Waals surface area (Å²) in [5, 5.41) is 2.63. The molecule has 0 spiro atoms. The lowest BCUT2D eigenvalue weighted by atomic mass is 9.99. The van der Waals surface area contributed by atoms with Gasteiger partial charge in [-0.3, -0.25) is 4.79 Å². The van der Waals surface area contributed by atoms with Crippen molar-refractivity contribution >= 4 is 25.8 Å². The maximum Gasteiger partial charge on any atom is 0.243 e. The zero-order chi connectivity index (χ0) is 20.2. The number of carbonyl (C=O) groups is 1. The van der Waals surface area contributed by atoms with Crippen molar-refractivity contribution in [2.75, 3.05) is 24.6 Å². The fraction of sp³-hybridized carbons (Fsp3) is 0.611. The van der Waals surface area contributed by atoms with Crippen LogP contribution in [0, 0.1) is 0 Å². The molecular formula is C18H28N2O5S2. The Morgan fingerprint density at radius 3 is 2.37 bits per heavy atom. The molecule has 0 aromatic heterocycles. The van der Waals surface area contributed by atoms with Crippen molar-refractivity contribution in [3.05, 3.63) is 29.8 Å². The van der Waals surface area contributed by atoms with Crippen LogP contribution in [0.15, 0.2) is 29.2 Å². The highest BCUT2D eigenvalue weighted by Gasteiger charge is 2.31. The smallest absolute Gasteiger partial charge is 0.243 e. The maximum absolute atomic E-state index is 12.8. The van der Waals surface area contributed by atoms with Crippen LogP contribution in [0.5, 0.6) is 0 Å². The number of amides is 1. The summed E-state index contributed by atoms with van der Waals surface area (Å²) in [5.74, 6) is -0.179. The largest absolute Gasteiger partial charge is 0.351 e. The van der Waals surface area contributed by atoms with Gasteiger partial charge in [0.05, 0.1) is 22.9 Å². The minimum atomic E-state index is -3.80. The molecule has 1 N–H and O–H groups in total. The summed E-state index contributed by atoms with van der Waals surface area (Å²) in [6.45, 7) is 5.63. The van der Waals surface area contributed by atoms with Crippen LogP contribution in [-0.2, 0) is 24.7 Å². The Bertz CT molecular complexity index is 864. The van der Waals surface area contributed by atoms with Crippen LogP contribution >= 0.6 is 0 Å².